The second kappa shape index (κ2) is 11.7. The van der Waals surface area contributed by atoms with E-state index in [4.69, 9.17) is 14.5 Å². The van der Waals surface area contributed by atoms with Crippen LogP contribution in [-0.4, -0.2) is 22.5 Å². The minimum absolute atomic E-state index is 0.220. The molecule has 0 spiro atoms. The molecule has 5 aromatic rings. The first-order valence-electron chi connectivity index (χ1n) is 13.0. The molecular weight excluding hydrogens is 681 g/mol. The highest BCUT2D eigenvalue weighted by molar-refractivity contribution is 14.1. The third-order valence-corrected chi connectivity index (χ3v) is 7.68. The van der Waals surface area contributed by atoms with Gasteiger partial charge in [-0.15, -0.1) is 0 Å². The maximum absolute atomic E-state index is 13.5. The summed E-state index contributed by atoms with van der Waals surface area (Å²) >= 11 is 5.72. The molecule has 0 saturated carbocycles. The van der Waals surface area contributed by atoms with Gasteiger partial charge in [-0.05, 0) is 81.7 Å². The van der Waals surface area contributed by atoms with E-state index >= 15 is 0 Å². The van der Waals surface area contributed by atoms with Gasteiger partial charge in [0.25, 0.3) is 5.56 Å². The second-order valence-electron chi connectivity index (χ2n) is 10.4. The van der Waals surface area contributed by atoms with Gasteiger partial charge >= 0.3 is 0 Å². The van der Waals surface area contributed by atoms with E-state index in [9.17, 15) is 4.79 Å². The van der Waals surface area contributed by atoms with Gasteiger partial charge in [0.05, 0.1) is 27.3 Å². The first kappa shape index (κ1) is 28.3. The fourth-order valence-corrected chi connectivity index (χ4v) is 5.64. The molecule has 4 aromatic carbocycles. The largest absolute Gasteiger partial charge is 0.490 e. The molecule has 204 valence electrons. The highest BCUT2D eigenvalue weighted by Gasteiger charge is 2.23. The average molecular weight is 710 g/mol. The summed E-state index contributed by atoms with van der Waals surface area (Å²) in [5.41, 5.74) is 1.91. The van der Waals surface area contributed by atoms with Crippen LogP contribution in [0.2, 0.25) is 0 Å². The summed E-state index contributed by atoms with van der Waals surface area (Å²) in [5.74, 6) is 1.88. The molecule has 1 heterocycles. The smallest absolute Gasteiger partial charge is 0.282 e. The standard InChI is InChI=1S/C32H29BrIN3O3/c1-5-39-28-16-20(15-26(34)29(28)40-19-22-11-8-10-21-9-6-7-12-24(21)22)18-35-37-30(38)25-17-23(33)13-14-27(25)36-31(37)32(2,3)4/h6-18H,5,19H2,1-4H3. The molecule has 6 nitrogen and oxygen atoms in total. The molecule has 0 amide bonds. The minimum Gasteiger partial charge on any atom is -0.490 e. The van der Waals surface area contributed by atoms with E-state index in [1.54, 1.807) is 12.3 Å². The van der Waals surface area contributed by atoms with Crippen molar-refractivity contribution < 1.29 is 9.47 Å². The number of aromatic nitrogens is 2. The Labute approximate surface area is 255 Å². The van der Waals surface area contributed by atoms with Crippen molar-refractivity contribution in [3.63, 3.8) is 0 Å². The van der Waals surface area contributed by atoms with Crippen molar-refractivity contribution in [2.45, 2.75) is 39.7 Å². The molecule has 0 bridgehead atoms. The molecule has 0 saturated heterocycles. The summed E-state index contributed by atoms with van der Waals surface area (Å²) in [4.78, 5) is 18.3. The Morgan fingerprint density at radius 1 is 1.00 bits per heavy atom. The fraction of sp³-hybridized carbons (Fsp3) is 0.219. The van der Waals surface area contributed by atoms with Crippen LogP contribution in [0, 0.1) is 3.57 Å². The number of hydrogen-bond acceptors (Lipinski definition) is 5. The number of ether oxygens (including phenoxy) is 2. The zero-order valence-corrected chi connectivity index (χ0v) is 26.5. The van der Waals surface area contributed by atoms with Crippen molar-refractivity contribution in [3.8, 4) is 11.5 Å². The highest BCUT2D eigenvalue weighted by atomic mass is 127. The Balaban J connectivity index is 1.51. The van der Waals surface area contributed by atoms with Gasteiger partial charge in [0, 0.05) is 9.89 Å². The predicted octanol–water partition coefficient (Wildman–Crippen LogP) is 8.07. The van der Waals surface area contributed by atoms with Crippen LogP contribution in [0.4, 0.5) is 0 Å². The van der Waals surface area contributed by atoms with E-state index in [-0.39, 0.29) is 5.56 Å². The summed E-state index contributed by atoms with van der Waals surface area (Å²) in [6, 6.07) is 23.9. The zero-order chi connectivity index (χ0) is 28.4. The fourth-order valence-electron chi connectivity index (χ4n) is 4.50. The number of hydrogen-bond donors (Lipinski definition) is 0. The van der Waals surface area contributed by atoms with E-state index in [1.165, 1.54) is 10.1 Å². The van der Waals surface area contributed by atoms with Crippen molar-refractivity contribution in [1.82, 2.24) is 9.66 Å². The molecule has 1 aromatic heterocycles. The van der Waals surface area contributed by atoms with Crippen molar-refractivity contribution >= 4 is 66.4 Å². The SMILES string of the molecule is CCOc1cc(C=Nn2c(C(C)(C)C)nc3ccc(Br)cc3c2=O)cc(I)c1OCc1cccc2ccccc12. The molecule has 8 heteroatoms. The number of benzene rings is 4. The summed E-state index contributed by atoms with van der Waals surface area (Å²) < 4.78 is 15.4. The molecule has 0 aliphatic carbocycles. The van der Waals surface area contributed by atoms with E-state index in [0.717, 1.165) is 24.6 Å². The molecule has 0 aliphatic rings. The quantitative estimate of drug-likeness (QED) is 0.127. The van der Waals surface area contributed by atoms with E-state index in [1.807, 2.05) is 70.2 Å². The number of rotatable bonds is 7. The third kappa shape index (κ3) is 5.93. The minimum atomic E-state index is -0.401. The van der Waals surface area contributed by atoms with Gasteiger partial charge in [0.15, 0.2) is 11.5 Å². The monoisotopic (exact) mass is 709 g/mol. The molecule has 0 N–H and O–H groups in total. The molecule has 0 unspecified atom stereocenters. The lowest BCUT2D eigenvalue weighted by molar-refractivity contribution is 0.268. The first-order valence-corrected chi connectivity index (χ1v) is 14.9. The maximum Gasteiger partial charge on any atom is 0.282 e. The topological polar surface area (TPSA) is 65.7 Å². The van der Waals surface area contributed by atoms with Gasteiger partial charge in [0.2, 0.25) is 0 Å². The van der Waals surface area contributed by atoms with Crippen molar-refractivity contribution in [3.05, 3.63) is 108 Å². The Morgan fingerprint density at radius 2 is 1.77 bits per heavy atom. The first-order chi connectivity index (χ1) is 19.2. The summed E-state index contributed by atoms with van der Waals surface area (Å²) in [7, 11) is 0. The van der Waals surface area contributed by atoms with Crippen LogP contribution in [0.25, 0.3) is 21.7 Å². The third-order valence-electron chi connectivity index (χ3n) is 6.39. The van der Waals surface area contributed by atoms with Crippen molar-refractivity contribution in [1.29, 1.82) is 0 Å². The van der Waals surface area contributed by atoms with Crippen molar-refractivity contribution in [2.24, 2.45) is 5.10 Å². The number of halogens is 2. The van der Waals surface area contributed by atoms with Crippen LogP contribution in [0.3, 0.4) is 0 Å². The zero-order valence-electron chi connectivity index (χ0n) is 22.7. The van der Waals surface area contributed by atoms with Crippen LogP contribution in [0.1, 0.15) is 44.6 Å². The Bertz CT molecular complexity index is 1800. The van der Waals surface area contributed by atoms with Gasteiger partial charge in [-0.25, -0.2) is 4.98 Å². The second-order valence-corrected chi connectivity index (χ2v) is 12.5. The van der Waals surface area contributed by atoms with Gasteiger partial charge in [0.1, 0.15) is 12.4 Å². The van der Waals surface area contributed by atoms with Crippen molar-refractivity contribution in [2.75, 3.05) is 6.61 Å². The molecule has 0 radical (unpaired) electrons. The number of nitrogens with zero attached hydrogens (tertiary/aromatic N) is 3. The predicted molar refractivity (Wildman–Crippen MR) is 174 cm³/mol. The lowest BCUT2D eigenvalue weighted by Crippen LogP contribution is -2.29. The average Bonchev–Trinajstić information content (AvgIpc) is 2.92. The molecule has 0 aliphatic heterocycles. The lowest BCUT2D eigenvalue weighted by Gasteiger charge is -2.21. The van der Waals surface area contributed by atoms with Gasteiger partial charge in [-0.2, -0.15) is 9.78 Å². The Morgan fingerprint density at radius 3 is 2.55 bits per heavy atom. The molecule has 0 fully saturated rings. The van der Waals surface area contributed by atoms with Crippen LogP contribution in [0.5, 0.6) is 11.5 Å². The van der Waals surface area contributed by atoms with Gasteiger partial charge < -0.3 is 9.47 Å². The highest BCUT2D eigenvalue weighted by Crippen LogP contribution is 2.35. The normalized spacial score (nSPS) is 11.9. The van der Waals surface area contributed by atoms with E-state index < -0.39 is 5.41 Å². The summed E-state index contributed by atoms with van der Waals surface area (Å²) in [6.07, 6.45) is 1.67. The molecular formula is C32H29BrIN3O3. The van der Waals surface area contributed by atoms with Crippen LogP contribution >= 0.6 is 38.5 Å². The van der Waals surface area contributed by atoms with Gasteiger partial charge in [-0.3, -0.25) is 4.79 Å². The van der Waals surface area contributed by atoms with E-state index in [0.29, 0.717) is 41.4 Å². The van der Waals surface area contributed by atoms with Crippen LogP contribution in [-0.2, 0) is 12.0 Å². The molecule has 0 atom stereocenters. The molecule has 5 rings (SSSR count). The summed E-state index contributed by atoms with van der Waals surface area (Å²) in [6.45, 7) is 8.89. The number of fused-ring (bicyclic) bond motifs is 2. The van der Waals surface area contributed by atoms with E-state index in [2.05, 4.69) is 67.9 Å². The Kier molecular flexibility index (Phi) is 8.28. The molecule has 40 heavy (non-hydrogen) atoms. The summed E-state index contributed by atoms with van der Waals surface area (Å²) in [5, 5.41) is 7.47. The van der Waals surface area contributed by atoms with Crippen LogP contribution in [0.15, 0.2) is 87.2 Å². The lowest BCUT2D eigenvalue weighted by atomic mass is 9.95. The maximum atomic E-state index is 13.5. The van der Waals surface area contributed by atoms with Gasteiger partial charge in [-0.1, -0.05) is 79.2 Å². The van der Waals surface area contributed by atoms with Crippen LogP contribution < -0.4 is 15.0 Å². The Hall–Kier alpha value is -3.24.